The Morgan fingerprint density at radius 2 is 1.95 bits per heavy atom. The average molecular weight is 540 g/mol. The van der Waals surface area contributed by atoms with E-state index in [2.05, 4.69) is 25.6 Å². The SMILES string of the molecule is CC(O)C(NC(=O)C(N)Cc1c[nH]c2ccccc12)C(=O)N1CCCC1C(=O)NC(Cc1cnc[nH]1)C(=O)O. The van der Waals surface area contributed by atoms with E-state index in [-0.39, 0.29) is 19.4 Å². The average Bonchev–Trinajstić information content (AvgIpc) is 3.67. The Hall–Kier alpha value is -4.23. The van der Waals surface area contributed by atoms with E-state index in [0.29, 0.717) is 18.5 Å². The van der Waals surface area contributed by atoms with Gasteiger partial charge in [0.2, 0.25) is 17.7 Å². The number of aliphatic hydroxyl groups excluding tert-OH is 1. The molecule has 0 aliphatic carbocycles. The van der Waals surface area contributed by atoms with Crippen LogP contribution in [0.5, 0.6) is 0 Å². The van der Waals surface area contributed by atoms with Crippen LogP contribution in [0.15, 0.2) is 43.0 Å². The van der Waals surface area contributed by atoms with Crippen LogP contribution in [0.25, 0.3) is 10.9 Å². The number of hydrogen-bond donors (Lipinski definition) is 7. The van der Waals surface area contributed by atoms with Crippen LogP contribution in [-0.4, -0.2) is 90.6 Å². The van der Waals surface area contributed by atoms with Crippen LogP contribution in [0.4, 0.5) is 0 Å². The largest absolute Gasteiger partial charge is 0.480 e. The van der Waals surface area contributed by atoms with Gasteiger partial charge in [0.25, 0.3) is 0 Å². The standard InChI is InChI=1S/C26H33N7O6/c1-14(34)22(32-23(35)18(27)9-15-11-29-19-6-3-2-5-17(15)19)25(37)33-8-4-7-21(33)24(36)31-20(26(38)39)10-16-12-28-13-30-16/h2-3,5-6,11-14,18,20-22,29,34H,4,7-10,27H2,1H3,(H,28,30)(H,31,36)(H,32,35)(H,38,39). The second-order valence-electron chi connectivity index (χ2n) is 9.77. The van der Waals surface area contributed by atoms with E-state index in [1.807, 2.05) is 24.3 Å². The topological polar surface area (TPSA) is 207 Å². The van der Waals surface area contributed by atoms with Crippen molar-refractivity contribution in [3.05, 3.63) is 54.2 Å². The highest BCUT2D eigenvalue weighted by molar-refractivity contribution is 5.95. The van der Waals surface area contributed by atoms with Crippen molar-refractivity contribution >= 4 is 34.6 Å². The molecule has 0 bridgehead atoms. The molecule has 208 valence electrons. The Morgan fingerprint density at radius 1 is 1.18 bits per heavy atom. The molecular formula is C26H33N7O6. The summed E-state index contributed by atoms with van der Waals surface area (Å²) < 4.78 is 0. The molecule has 4 rings (SSSR count). The molecule has 1 saturated heterocycles. The van der Waals surface area contributed by atoms with Gasteiger partial charge in [-0.1, -0.05) is 18.2 Å². The van der Waals surface area contributed by atoms with Crippen molar-refractivity contribution in [2.45, 2.75) is 62.9 Å². The predicted octanol–water partition coefficient (Wildman–Crippen LogP) is -0.570. The lowest BCUT2D eigenvalue weighted by molar-refractivity contribution is -0.146. The number of H-pyrrole nitrogens is 2. The summed E-state index contributed by atoms with van der Waals surface area (Å²) in [4.78, 5) is 62.2. The molecule has 1 aromatic carbocycles. The number of amides is 3. The summed E-state index contributed by atoms with van der Waals surface area (Å²) in [6.07, 6.45) is 4.40. The maximum atomic E-state index is 13.4. The quantitative estimate of drug-likeness (QED) is 0.167. The van der Waals surface area contributed by atoms with Gasteiger partial charge in [0, 0.05) is 42.0 Å². The number of likely N-dealkylation sites (tertiary alicyclic amines) is 1. The molecule has 2 aromatic heterocycles. The monoisotopic (exact) mass is 539 g/mol. The molecule has 5 unspecified atom stereocenters. The van der Waals surface area contributed by atoms with Crippen molar-refractivity contribution in [2.75, 3.05) is 6.54 Å². The van der Waals surface area contributed by atoms with Crippen molar-refractivity contribution in [1.82, 2.24) is 30.5 Å². The number of imidazole rings is 1. The fourth-order valence-electron chi connectivity index (χ4n) is 4.85. The summed E-state index contributed by atoms with van der Waals surface area (Å²) in [5.74, 6) is -3.12. The van der Waals surface area contributed by atoms with E-state index in [1.54, 1.807) is 6.20 Å². The van der Waals surface area contributed by atoms with Crippen molar-refractivity contribution in [3.8, 4) is 0 Å². The minimum atomic E-state index is -1.33. The third-order valence-corrected chi connectivity index (χ3v) is 6.93. The summed E-state index contributed by atoms with van der Waals surface area (Å²) in [7, 11) is 0. The van der Waals surface area contributed by atoms with Crippen LogP contribution in [0.1, 0.15) is 31.0 Å². The minimum absolute atomic E-state index is 0.0115. The number of carboxylic acid groups (broad SMARTS) is 1. The first-order chi connectivity index (χ1) is 18.7. The van der Waals surface area contributed by atoms with Gasteiger partial charge in [0.15, 0.2) is 0 Å². The number of aliphatic carboxylic acids is 1. The van der Waals surface area contributed by atoms with Gasteiger partial charge in [-0.2, -0.15) is 0 Å². The summed E-state index contributed by atoms with van der Waals surface area (Å²) >= 11 is 0. The molecule has 1 aliphatic rings. The van der Waals surface area contributed by atoms with E-state index < -0.39 is 54.0 Å². The molecule has 3 amide bonds. The maximum Gasteiger partial charge on any atom is 0.326 e. The van der Waals surface area contributed by atoms with E-state index in [9.17, 15) is 29.4 Å². The third kappa shape index (κ3) is 6.44. The van der Waals surface area contributed by atoms with Gasteiger partial charge < -0.3 is 41.4 Å². The molecule has 13 heteroatoms. The molecule has 13 nitrogen and oxygen atoms in total. The zero-order chi connectivity index (χ0) is 28.1. The Bertz CT molecular complexity index is 1320. The number of nitrogens with zero attached hydrogens (tertiary/aromatic N) is 2. The molecule has 1 fully saturated rings. The second kappa shape index (κ2) is 12.1. The molecule has 8 N–H and O–H groups in total. The lowest BCUT2D eigenvalue weighted by Gasteiger charge is -2.31. The second-order valence-corrected chi connectivity index (χ2v) is 9.77. The molecule has 0 radical (unpaired) electrons. The number of carbonyl (C=O) groups excluding carboxylic acids is 3. The summed E-state index contributed by atoms with van der Waals surface area (Å²) in [6, 6.07) is 3.09. The molecule has 1 aliphatic heterocycles. The number of carboxylic acids is 1. The maximum absolute atomic E-state index is 13.4. The third-order valence-electron chi connectivity index (χ3n) is 6.93. The number of fused-ring (bicyclic) bond motifs is 1. The first-order valence-electron chi connectivity index (χ1n) is 12.8. The normalized spacial score (nSPS) is 18.3. The number of rotatable bonds is 11. The molecule has 5 atom stereocenters. The van der Waals surface area contributed by atoms with Gasteiger partial charge in [0.1, 0.15) is 18.1 Å². The van der Waals surface area contributed by atoms with Gasteiger partial charge >= 0.3 is 5.97 Å². The zero-order valence-electron chi connectivity index (χ0n) is 21.5. The van der Waals surface area contributed by atoms with Crippen molar-refractivity contribution in [1.29, 1.82) is 0 Å². The molecule has 0 spiro atoms. The van der Waals surface area contributed by atoms with Crippen LogP contribution in [0, 0.1) is 0 Å². The minimum Gasteiger partial charge on any atom is -0.480 e. The summed E-state index contributed by atoms with van der Waals surface area (Å²) in [6.45, 7) is 1.58. The number of nitrogens with one attached hydrogen (secondary N) is 4. The summed E-state index contributed by atoms with van der Waals surface area (Å²) in [5, 5.41) is 25.9. The first kappa shape index (κ1) is 27.8. The number of carbonyl (C=O) groups is 4. The molecule has 39 heavy (non-hydrogen) atoms. The smallest absolute Gasteiger partial charge is 0.326 e. The number of benzene rings is 1. The Morgan fingerprint density at radius 3 is 2.64 bits per heavy atom. The lowest BCUT2D eigenvalue weighted by Crippen LogP contribution is -2.59. The molecule has 0 saturated carbocycles. The number of aliphatic hydroxyl groups is 1. The van der Waals surface area contributed by atoms with Crippen LogP contribution in [0.2, 0.25) is 0 Å². The zero-order valence-corrected chi connectivity index (χ0v) is 21.5. The van der Waals surface area contributed by atoms with Crippen molar-refractivity contribution in [3.63, 3.8) is 0 Å². The van der Waals surface area contributed by atoms with Crippen molar-refractivity contribution in [2.24, 2.45) is 5.73 Å². The molecule has 3 aromatic rings. The Balaban J connectivity index is 1.40. The number of hydrogen-bond acceptors (Lipinski definition) is 7. The van der Waals surface area contributed by atoms with Crippen LogP contribution in [0.3, 0.4) is 0 Å². The Labute approximate surface area is 224 Å². The highest BCUT2D eigenvalue weighted by atomic mass is 16.4. The van der Waals surface area contributed by atoms with E-state index >= 15 is 0 Å². The van der Waals surface area contributed by atoms with Crippen LogP contribution in [-0.2, 0) is 32.0 Å². The highest BCUT2D eigenvalue weighted by Gasteiger charge is 2.40. The van der Waals surface area contributed by atoms with Gasteiger partial charge in [-0.15, -0.1) is 0 Å². The van der Waals surface area contributed by atoms with Gasteiger partial charge in [-0.25, -0.2) is 9.78 Å². The number of para-hydroxylation sites is 1. The number of aromatic nitrogens is 3. The van der Waals surface area contributed by atoms with Crippen LogP contribution < -0.4 is 16.4 Å². The van der Waals surface area contributed by atoms with Crippen molar-refractivity contribution < 1.29 is 29.4 Å². The fraction of sp³-hybridized carbons (Fsp3) is 0.423. The van der Waals surface area contributed by atoms with Gasteiger partial charge in [-0.05, 0) is 37.8 Å². The summed E-state index contributed by atoms with van der Waals surface area (Å²) in [5.41, 5.74) is 8.43. The number of aromatic amines is 2. The van der Waals surface area contributed by atoms with Gasteiger partial charge in [-0.3, -0.25) is 14.4 Å². The lowest BCUT2D eigenvalue weighted by atomic mass is 10.0. The van der Waals surface area contributed by atoms with Crippen LogP contribution >= 0.6 is 0 Å². The van der Waals surface area contributed by atoms with E-state index in [0.717, 1.165) is 16.5 Å². The fourth-order valence-corrected chi connectivity index (χ4v) is 4.85. The molecule has 3 heterocycles. The highest BCUT2D eigenvalue weighted by Crippen LogP contribution is 2.21. The number of nitrogens with two attached hydrogens (primary N) is 1. The molecular weight excluding hydrogens is 506 g/mol. The first-order valence-corrected chi connectivity index (χ1v) is 12.8. The van der Waals surface area contributed by atoms with E-state index in [4.69, 9.17) is 5.73 Å². The van der Waals surface area contributed by atoms with E-state index in [1.165, 1.54) is 24.3 Å². The Kier molecular flexibility index (Phi) is 8.62. The predicted molar refractivity (Wildman–Crippen MR) is 140 cm³/mol. The van der Waals surface area contributed by atoms with Gasteiger partial charge in [0.05, 0.1) is 18.5 Å².